The average molecular weight is 333 g/mol. The number of fused-ring (bicyclic) bond motifs is 2. The highest BCUT2D eigenvalue weighted by Crippen LogP contribution is 2.50. The van der Waals surface area contributed by atoms with Crippen LogP contribution >= 0.6 is 0 Å². The number of rotatable bonds is 3. The second kappa shape index (κ2) is 5.54. The van der Waals surface area contributed by atoms with Gasteiger partial charge >= 0.3 is 0 Å². The standard InChI is InChI=1S/C17H19NO4S/c1-4-16(23(19,20)21)18-13-7-5-6-8-14(13)22-15-10-11(2)9-12(3)17(15)18/h5-10,16H,4H2,1-3H3,(H,19,20,21). The highest BCUT2D eigenvalue weighted by molar-refractivity contribution is 7.86. The van der Waals surface area contributed by atoms with Crippen molar-refractivity contribution in [2.45, 2.75) is 32.6 Å². The third-order valence-electron chi connectivity index (χ3n) is 3.98. The summed E-state index contributed by atoms with van der Waals surface area (Å²) in [4.78, 5) is 1.66. The predicted octanol–water partition coefficient (Wildman–Crippen LogP) is 4.17. The summed E-state index contributed by atoms with van der Waals surface area (Å²) in [6.45, 7) is 5.61. The minimum atomic E-state index is -4.26. The van der Waals surface area contributed by atoms with Crippen molar-refractivity contribution < 1.29 is 17.7 Å². The number of nitrogens with zero attached hydrogens (tertiary/aromatic N) is 1. The van der Waals surface area contributed by atoms with Crippen molar-refractivity contribution in [3.8, 4) is 11.5 Å². The highest BCUT2D eigenvalue weighted by atomic mass is 32.2. The lowest BCUT2D eigenvalue weighted by molar-refractivity contribution is 0.451. The van der Waals surface area contributed by atoms with E-state index in [1.54, 1.807) is 24.0 Å². The third-order valence-corrected chi connectivity index (χ3v) is 5.21. The molecule has 1 heterocycles. The second-order valence-corrected chi connectivity index (χ2v) is 7.32. The monoisotopic (exact) mass is 333 g/mol. The molecule has 0 saturated carbocycles. The molecular formula is C17H19NO4S. The van der Waals surface area contributed by atoms with Gasteiger partial charge < -0.3 is 9.64 Å². The molecule has 0 fully saturated rings. The molecule has 6 heteroatoms. The average Bonchev–Trinajstić information content (AvgIpc) is 2.45. The first-order valence-corrected chi connectivity index (χ1v) is 8.97. The number of aryl methyl sites for hydroxylation is 2. The minimum Gasteiger partial charge on any atom is -0.453 e. The summed E-state index contributed by atoms with van der Waals surface area (Å²) in [5.74, 6) is 1.18. The lowest BCUT2D eigenvalue weighted by atomic mass is 10.1. The summed E-state index contributed by atoms with van der Waals surface area (Å²) in [6.07, 6.45) is 0.250. The molecule has 1 aliphatic rings. The molecule has 0 spiro atoms. The van der Waals surface area contributed by atoms with Gasteiger partial charge in [0.1, 0.15) is 0 Å². The first-order valence-electron chi connectivity index (χ1n) is 7.46. The van der Waals surface area contributed by atoms with Gasteiger partial charge in [0.25, 0.3) is 10.1 Å². The fourth-order valence-electron chi connectivity index (χ4n) is 3.11. The first-order chi connectivity index (χ1) is 10.8. The van der Waals surface area contributed by atoms with Crippen LogP contribution in [0.2, 0.25) is 0 Å². The Morgan fingerprint density at radius 3 is 2.52 bits per heavy atom. The summed E-state index contributed by atoms with van der Waals surface area (Å²) >= 11 is 0. The van der Waals surface area contributed by atoms with Crippen LogP contribution in [0, 0.1) is 13.8 Å². The lowest BCUT2D eigenvalue weighted by Gasteiger charge is -2.37. The van der Waals surface area contributed by atoms with E-state index in [1.165, 1.54) is 0 Å². The topological polar surface area (TPSA) is 66.8 Å². The molecule has 1 unspecified atom stereocenters. The summed E-state index contributed by atoms with van der Waals surface area (Å²) in [5, 5.41) is -1.06. The lowest BCUT2D eigenvalue weighted by Crippen LogP contribution is -2.39. The van der Waals surface area contributed by atoms with Crippen molar-refractivity contribution in [3.63, 3.8) is 0 Å². The number of ether oxygens (including phenoxy) is 1. The molecule has 2 aromatic carbocycles. The Kier molecular flexibility index (Phi) is 3.82. The van der Waals surface area contributed by atoms with Crippen LogP contribution in [0.25, 0.3) is 0 Å². The van der Waals surface area contributed by atoms with Crippen molar-refractivity contribution in [2.75, 3.05) is 4.90 Å². The fraction of sp³-hybridized carbons (Fsp3) is 0.294. The number of hydrogen-bond donors (Lipinski definition) is 1. The van der Waals surface area contributed by atoms with Crippen LogP contribution in [0.5, 0.6) is 11.5 Å². The van der Waals surface area contributed by atoms with E-state index >= 15 is 0 Å². The molecule has 0 bridgehead atoms. The van der Waals surface area contributed by atoms with Gasteiger partial charge in [-0.3, -0.25) is 4.55 Å². The Morgan fingerprint density at radius 1 is 1.17 bits per heavy atom. The molecule has 1 atom stereocenters. The molecular weight excluding hydrogens is 314 g/mol. The molecule has 0 saturated heterocycles. The summed E-state index contributed by atoms with van der Waals surface area (Å²) in [7, 11) is -4.26. The normalized spacial score (nSPS) is 14.7. The van der Waals surface area contributed by atoms with E-state index in [-0.39, 0.29) is 6.42 Å². The van der Waals surface area contributed by atoms with E-state index in [9.17, 15) is 13.0 Å². The summed E-state index contributed by atoms with van der Waals surface area (Å²) in [5.41, 5.74) is 3.24. The van der Waals surface area contributed by atoms with E-state index in [0.717, 1.165) is 11.1 Å². The molecule has 3 rings (SSSR count). The van der Waals surface area contributed by atoms with Gasteiger partial charge in [-0.15, -0.1) is 0 Å². The zero-order chi connectivity index (χ0) is 16.8. The van der Waals surface area contributed by atoms with Gasteiger partial charge in [0.05, 0.1) is 11.4 Å². The van der Waals surface area contributed by atoms with Crippen molar-refractivity contribution in [1.82, 2.24) is 0 Å². The van der Waals surface area contributed by atoms with Gasteiger partial charge in [-0.25, -0.2) is 0 Å². The predicted molar refractivity (Wildman–Crippen MR) is 90.2 cm³/mol. The van der Waals surface area contributed by atoms with Crippen molar-refractivity contribution in [2.24, 2.45) is 0 Å². The Hall–Kier alpha value is -2.05. The van der Waals surface area contributed by atoms with Crippen LogP contribution in [0.4, 0.5) is 11.4 Å². The van der Waals surface area contributed by atoms with Gasteiger partial charge in [0, 0.05) is 0 Å². The Labute approximate surface area is 136 Å². The van der Waals surface area contributed by atoms with Gasteiger partial charge in [-0.2, -0.15) is 8.42 Å². The number of benzene rings is 2. The quantitative estimate of drug-likeness (QED) is 0.854. The molecule has 1 aliphatic heterocycles. The number of hydrogen-bond acceptors (Lipinski definition) is 4. The molecule has 0 aliphatic carbocycles. The largest absolute Gasteiger partial charge is 0.453 e. The molecule has 122 valence electrons. The Balaban J connectivity index is 2.30. The van der Waals surface area contributed by atoms with Gasteiger partial charge in [-0.05, 0) is 49.6 Å². The van der Waals surface area contributed by atoms with Crippen molar-refractivity contribution in [3.05, 3.63) is 47.5 Å². The molecule has 1 N–H and O–H groups in total. The second-order valence-electron chi connectivity index (χ2n) is 5.75. The van der Waals surface area contributed by atoms with E-state index in [0.29, 0.717) is 22.9 Å². The summed E-state index contributed by atoms with van der Waals surface area (Å²) in [6, 6.07) is 11.1. The molecule has 0 aromatic heterocycles. The zero-order valence-electron chi connectivity index (χ0n) is 13.3. The van der Waals surface area contributed by atoms with Crippen LogP contribution in [0.1, 0.15) is 24.5 Å². The van der Waals surface area contributed by atoms with Gasteiger partial charge in [0.15, 0.2) is 16.9 Å². The number of anilines is 2. The Bertz CT molecular complexity index is 861. The van der Waals surface area contributed by atoms with E-state index < -0.39 is 15.5 Å². The maximum absolute atomic E-state index is 11.9. The van der Waals surface area contributed by atoms with E-state index in [1.807, 2.05) is 38.1 Å². The SMILES string of the molecule is CCC(N1c2ccccc2Oc2cc(C)cc(C)c21)S(=O)(=O)O. The smallest absolute Gasteiger partial charge is 0.286 e. The minimum absolute atomic E-state index is 0.250. The first kappa shape index (κ1) is 15.8. The maximum atomic E-state index is 11.9. The molecule has 23 heavy (non-hydrogen) atoms. The van der Waals surface area contributed by atoms with Crippen LogP contribution < -0.4 is 9.64 Å². The third kappa shape index (κ3) is 2.68. The molecule has 2 aromatic rings. The van der Waals surface area contributed by atoms with Gasteiger partial charge in [0.2, 0.25) is 0 Å². The number of para-hydroxylation sites is 2. The highest BCUT2D eigenvalue weighted by Gasteiger charge is 2.36. The molecule has 5 nitrogen and oxygen atoms in total. The van der Waals surface area contributed by atoms with Crippen molar-refractivity contribution in [1.29, 1.82) is 0 Å². The van der Waals surface area contributed by atoms with Crippen LogP contribution in [0.15, 0.2) is 36.4 Å². The van der Waals surface area contributed by atoms with Crippen LogP contribution in [-0.4, -0.2) is 18.3 Å². The zero-order valence-corrected chi connectivity index (χ0v) is 14.1. The van der Waals surface area contributed by atoms with Crippen LogP contribution in [-0.2, 0) is 10.1 Å². The molecule has 0 amide bonds. The van der Waals surface area contributed by atoms with E-state index in [2.05, 4.69) is 0 Å². The van der Waals surface area contributed by atoms with Crippen LogP contribution in [0.3, 0.4) is 0 Å². The van der Waals surface area contributed by atoms with Gasteiger partial charge in [-0.1, -0.05) is 25.1 Å². The van der Waals surface area contributed by atoms with Crippen molar-refractivity contribution >= 4 is 21.5 Å². The maximum Gasteiger partial charge on any atom is 0.286 e. The van der Waals surface area contributed by atoms with E-state index in [4.69, 9.17) is 4.74 Å². The molecule has 0 radical (unpaired) electrons. The fourth-order valence-corrected chi connectivity index (χ4v) is 4.02. The summed E-state index contributed by atoms with van der Waals surface area (Å²) < 4.78 is 39.5. The Morgan fingerprint density at radius 2 is 1.87 bits per heavy atom.